The van der Waals surface area contributed by atoms with E-state index in [9.17, 15) is 10.2 Å². The normalized spacial score (nSPS) is 27.7. The Bertz CT molecular complexity index is 747. The molecule has 2 aliphatic rings. The molecule has 6 nitrogen and oxygen atoms in total. The standard InChI is InChI=1S/C15H17Cl2N3O3/c16-8-3-10-11(4-9(8)17)20(15(19-10)18-7-1-2-7)14-5-12(22)13(6-21)23-14/h3-4,7,12-14,21-22H,1-2,5-6H2,(H,18,19)/t12-,13+,14+/m0/s1. The van der Waals surface area contributed by atoms with E-state index in [1.807, 2.05) is 4.57 Å². The highest BCUT2D eigenvalue weighted by Crippen LogP contribution is 2.38. The third-order valence-electron chi connectivity index (χ3n) is 4.31. The quantitative estimate of drug-likeness (QED) is 0.783. The van der Waals surface area contributed by atoms with Crippen LogP contribution in [0.5, 0.6) is 0 Å². The lowest BCUT2D eigenvalue weighted by Gasteiger charge is -2.17. The lowest BCUT2D eigenvalue weighted by atomic mass is 10.2. The first-order chi connectivity index (χ1) is 11.1. The van der Waals surface area contributed by atoms with Gasteiger partial charge in [0.15, 0.2) is 0 Å². The molecule has 23 heavy (non-hydrogen) atoms. The molecule has 1 saturated heterocycles. The highest BCUT2D eigenvalue weighted by molar-refractivity contribution is 6.42. The summed E-state index contributed by atoms with van der Waals surface area (Å²) in [5.41, 5.74) is 1.51. The minimum Gasteiger partial charge on any atom is -0.394 e. The van der Waals surface area contributed by atoms with Crippen LogP contribution in [0.15, 0.2) is 12.1 Å². The van der Waals surface area contributed by atoms with Crippen molar-refractivity contribution in [1.82, 2.24) is 9.55 Å². The second-order valence-electron chi connectivity index (χ2n) is 6.09. The van der Waals surface area contributed by atoms with E-state index in [0.717, 1.165) is 18.4 Å². The molecule has 3 atom stereocenters. The van der Waals surface area contributed by atoms with Gasteiger partial charge >= 0.3 is 0 Å². The molecule has 2 fully saturated rings. The molecular weight excluding hydrogens is 341 g/mol. The molecule has 0 radical (unpaired) electrons. The van der Waals surface area contributed by atoms with Crippen molar-refractivity contribution in [2.75, 3.05) is 11.9 Å². The average molecular weight is 358 g/mol. The smallest absolute Gasteiger partial charge is 0.206 e. The molecule has 8 heteroatoms. The fourth-order valence-corrected chi connectivity index (χ4v) is 3.25. The number of imidazole rings is 1. The van der Waals surface area contributed by atoms with E-state index in [0.29, 0.717) is 34.0 Å². The number of aromatic nitrogens is 2. The number of rotatable bonds is 4. The van der Waals surface area contributed by atoms with Gasteiger partial charge in [-0.2, -0.15) is 0 Å². The molecule has 0 amide bonds. The molecule has 1 aromatic heterocycles. The van der Waals surface area contributed by atoms with Crippen LogP contribution >= 0.6 is 23.2 Å². The van der Waals surface area contributed by atoms with Gasteiger partial charge in [0.05, 0.1) is 33.8 Å². The second-order valence-corrected chi connectivity index (χ2v) is 6.91. The molecule has 1 aromatic carbocycles. The van der Waals surface area contributed by atoms with Gasteiger partial charge in [-0.15, -0.1) is 0 Å². The van der Waals surface area contributed by atoms with Crippen molar-refractivity contribution in [2.24, 2.45) is 0 Å². The number of halogens is 2. The lowest BCUT2D eigenvalue weighted by molar-refractivity contribution is -0.0424. The van der Waals surface area contributed by atoms with Crippen LogP contribution in [0.4, 0.5) is 5.95 Å². The predicted octanol–water partition coefficient (Wildman–Crippen LogP) is 2.56. The van der Waals surface area contributed by atoms with Gasteiger partial charge in [-0.1, -0.05) is 23.2 Å². The molecule has 0 unspecified atom stereocenters. The Morgan fingerprint density at radius 1 is 1.30 bits per heavy atom. The van der Waals surface area contributed by atoms with Gasteiger partial charge < -0.3 is 20.3 Å². The van der Waals surface area contributed by atoms with E-state index in [2.05, 4.69) is 10.3 Å². The fraction of sp³-hybridized carbons (Fsp3) is 0.533. The van der Waals surface area contributed by atoms with Crippen LogP contribution in [0.1, 0.15) is 25.5 Å². The molecule has 0 bridgehead atoms. The largest absolute Gasteiger partial charge is 0.394 e. The number of benzene rings is 1. The van der Waals surface area contributed by atoms with Crippen molar-refractivity contribution in [3.63, 3.8) is 0 Å². The maximum Gasteiger partial charge on any atom is 0.206 e. The van der Waals surface area contributed by atoms with Crippen LogP contribution in [0.25, 0.3) is 11.0 Å². The molecule has 3 N–H and O–H groups in total. The molecule has 0 spiro atoms. The van der Waals surface area contributed by atoms with Crippen molar-refractivity contribution in [1.29, 1.82) is 0 Å². The molecule has 1 aliphatic heterocycles. The monoisotopic (exact) mass is 357 g/mol. The summed E-state index contributed by atoms with van der Waals surface area (Å²) in [4.78, 5) is 4.60. The topological polar surface area (TPSA) is 79.5 Å². The minimum absolute atomic E-state index is 0.220. The molecule has 2 heterocycles. The number of fused-ring (bicyclic) bond motifs is 1. The highest BCUT2D eigenvalue weighted by Gasteiger charge is 2.37. The van der Waals surface area contributed by atoms with E-state index in [1.165, 1.54) is 0 Å². The maximum atomic E-state index is 10.0. The van der Waals surface area contributed by atoms with Crippen LogP contribution in [0.2, 0.25) is 10.0 Å². The summed E-state index contributed by atoms with van der Waals surface area (Å²) < 4.78 is 7.69. The van der Waals surface area contributed by atoms with Gasteiger partial charge in [-0.05, 0) is 25.0 Å². The van der Waals surface area contributed by atoms with Crippen molar-refractivity contribution in [3.8, 4) is 0 Å². The summed E-state index contributed by atoms with van der Waals surface area (Å²) in [5, 5.41) is 23.6. The van der Waals surface area contributed by atoms with E-state index in [1.54, 1.807) is 12.1 Å². The third kappa shape index (κ3) is 2.79. The minimum atomic E-state index is -0.709. The zero-order valence-corrected chi connectivity index (χ0v) is 13.8. The van der Waals surface area contributed by atoms with Crippen LogP contribution in [0.3, 0.4) is 0 Å². The fourth-order valence-electron chi connectivity index (χ4n) is 2.93. The molecular formula is C15H17Cl2N3O3. The number of ether oxygens (including phenoxy) is 1. The Kier molecular flexibility index (Phi) is 3.90. The zero-order valence-electron chi connectivity index (χ0n) is 12.2. The van der Waals surface area contributed by atoms with Crippen molar-refractivity contribution < 1.29 is 14.9 Å². The Morgan fingerprint density at radius 3 is 2.70 bits per heavy atom. The Balaban J connectivity index is 1.80. The highest BCUT2D eigenvalue weighted by atomic mass is 35.5. The summed E-state index contributed by atoms with van der Waals surface area (Å²) in [7, 11) is 0. The lowest BCUT2D eigenvalue weighted by Crippen LogP contribution is -2.24. The predicted molar refractivity (Wildman–Crippen MR) is 88.0 cm³/mol. The first-order valence-electron chi connectivity index (χ1n) is 7.64. The number of anilines is 1. The van der Waals surface area contributed by atoms with E-state index >= 15 is 0 Å². The van der Waals surface area contributed by atoms with E-state index in [-0.39, 0.29) is 6.61 Å². The number of hydrogen-bond acceptors (Lipinski definition) is 5. The zero-order chi connectivity index (χ0) is 16.1. The molecule has 1 saturated carbocycles. The van der Waals surface area contributed by atoms with Crippen LogP contribution < -0.4 is 5.32 Å². The van der Waals surface area contributed by atoms with Crippen LogP contribution in [0, 0.1) is 0 Å². The van der Waals surface area contributed by atoms with Gasteiger partial charge in [0.2, 0.25) is 5.95 Å². The van der Waals surface area contributed by atoms with Crippen LogP contribution in [-0.2, 0) is 4.74 Å². The van der Waals surface area contributed by atoms with E-state index in [4.69, 9.17) is 27.9 Å². The summed E-state index contributed by atoms with van der Waals surface area (Å²) in [5.74, 6) is 0.677. The Hall–Kier alpha value is -1.05. The summed E-state index contributed by atoms with van der Waals surface area (Å²) in [6.45, 7) is -0.220. The van der Waals surface area contributed by atoms with Gasteiger partial charge in [0.1, 0.15) is 12.3 Å². The molecule has 124 valence electrons. The van der Waals surface area contributed by atoms with Crippen LogP contribution in [-0.4, -0.2) is 44.6 Å². The number of hydrogen-bond donors (Lipinski definition) is 3. The SMILES string of the molecule is OC[C@H]1O[C@@H](n2c(NC3CC3)nc3cc(Cl)c(Cl)cc32)C[C@@H]1O. The number of aliphatic hydroxyl groups is 2. The van der Waals surface area contributed by atoms with Crippen molar-refractivity contribution in [2.45, 2.75) is 43.7 Å². The van der Waals surface area contributed by atoms with E-state index < -0.39 is 18.4 Å². The number of aliphatic hydroxyl groups excluding tert-OH is 2. The summed E-state index contributed by atoms with van der Waals surface area (Å²) in [6.07, 6.45) is 0.894. The summed E-state index contributed by atoms with van der Waals surface area (Å²) >= 11 is 12.2. The van der Waals surface area contributed by atoms with Gasteiger partial charge in [-0.25, -0.2) is 4.98 Å². The first kappa shape index (κ1) is 15.5. The first-order valence-corrected chi connectivity index (χ1v) is 8.40. The summed E-state index contributed by atoms with van der Waals surface area (Å²) in [6, 6.07) is 3.89. The third-order valence-corrected chi connectivity index (χ3v) is 5.04. The average Bonchev–Trinajstić information content (AvgIpc) is 3.15. The maximum absolute atomic E-state index is 10.0. The van der Waals surface area contributed by atoms with Crippen molar-refractivity contribution in [3.05, 3.63) is 22.2 Å². The Labute approximate surface area is 143 Å². The molecule has 2 aromatic rings. The Morgan fingerprint density at radius 2 is 2.04 bits per heavy atom. The molecule has 4 rings (SSSR count). The van der Waals surface area contributed by atoms with Crippen molar-refractivity contribution >= 4 is 40.2 Å². The number of nitrogens with zero attached hydrogens (tertiary/aromatic N) is 2. The number of nitrogens with one attached hydrogen (secondary N) is 1. The molecule has 1 aliphatic carbocycles. The van der Waals surface area contributed by atoms with Gasteiger partial charge in [0.25, 0.3) is 0 Å². The van der Waals surface area contributed by atoms with Gasteiger partial charge in [0, 0.05) is 12.5 Å². The second kappa shape index (κ2) is 5.79. The van der Waals surface area contributed by atoms with Gasteiger partial charge in [-0.3, -0.25) is 4.57 Å².